The molecule has 108 valence electrons. The lowest BCUT2D eigenvalue weighted by atomic mass is 10.2. The van der Waals surface area contributed by atoms with E-state index < -0.39 is 34.9 Å². The van der Waals surface area contributed by atoms with Gasteiger partial charge in [-0.1, -0.05) is 12.1 Å². The number of rotatable bonds is 3. The molecule has 6 heteroatoms. The molecule has 0 atom stereocenters. The van der Waals surface area contributed by atoms with Gasteiger partial charge in [0.05, 0.1) is 5.69 Å². The summed E-state index contributed by atoms with van der Waals surface area (Å²) < 4.78 is 51.7. The molecule has 2 rings (SSSR count). The molecule has 0 aliphatic rings. The standard InChI is InChI=1S/C15H9F4NO/c16-10-4-1-9(2-5-10)3-8-13(21)20-12-7-6-11(17)14(18)15(12)19/h1-8H,(H,20,21). The molecule has 0 fully saturated rings. The third-order valence-electron chi connectivity index (χ3n) is 2.59. The fourth-order valence-corrected chi connectivity index (χ4v) is 1.54. The first-order valence-corrected chi connectivity index (χ1v) is 5.85. The smallest absolute Gasteiger partial charge is 0.248 e. The summed E-state index contributed by atoms with van der Waals surface area (Å²) in [7, 11) is 0. The van der Waals surface area contributed by atoms with Crippen molar-refractivity contribution in [1.82, 2.24) is 0 Å². The highest BCUT2D eigenvalue weighted by atomic mass is 19.2. The van der Waals surface area contributed by atoms with Crippen molar-refractivity contribution < 1.29 is 22.4 Å². The van der Waals surface area contributed by atoms with E-state index in [9.17, 15) is 22.4 Å². The summed E-state index contributed by atoms with van der Waals surface area (Å²) in [6, 6.07) is 6.93. The van der Waals surface area contributed by atoms with Crippen LogP contribution in [-0.2, 0) is 4.79 Å². The van der Waals surface area contributed by atoms with Gasteiger partial charge in [-0.2, -0.15) is 0 Å². The Morgan fingerprint density at radius 1 is 0.905 bits per heavy atom. The number of carbonyl (C=O) groups excluding carboxylic acids is 1. The third-order valence-corrected chi connectivity index (χ3v) is 2.59. The van der Waals surface area contributed by atoms with E-state index in [0.717, 1.165) is 12.1 Å². The van der Waals surface area contributed by atoms with Crippen LogP contribution in [0, 0.1) is 23.3 Å². The summed E-state index contributed by atoms with van der Waals surface area (Å²) in [5.74, 6) is -5.62. The first kappa shape index (κ1) is 14.8. The van der Waals surface area contributed by atoms with E-state index >= 15 is 0 Å². The lowest BCUT2D eigenvalue weighted by Crippen LogP contribution is -2.10. The van der Waals surface area contributed by atoms with Gasteiger partial charge in [0, 0.05) is 6.08 Å². The zero-order valence-corrected chi connectivity index (χ0v) is 10.5. The quantitative estimate of drug-likeness (QED) is 0.519. The van der Waals surface area contributed by atoms with Crippen molar-refractivity contribution >= 4 is 17.7 Å². The van der Waals surface area contributed by atoms with Crippen LogP contribution in [0.5, 0.6) is 0 Å². The number of hydrogen-bond acceptors (Lipinski definition) is 1. The molecule has 0 spiro atoms. The Morgan fingerprint density at radius 3 is 2.24 bits per heavy atom. The first-order valence-electron chi connectivity index (χ1n) is 5.85. The van der Waals surface area contributed by atoms with Crippen molar-refractivity contribution in [2.24, 2.45) is 0 Å². The topological polar surface area (TPSA) is 29.1 Å². The molecule has 2 aromatic carbocycles. The van der Waals surface area contributed by atoms with Gasteiger partial charge in [-0.3, -0.25) is 4.79 Å². The van der Waals surface area contributed by atoms with Crippen LogP contribution in [0.25, 0.3) is 6.08 Å². The van der Waals surface area contributed by atoms with E-state index in [1.807, 2.05) is 0 Å². The average Bonchev–Trinajstić information content (AvgIpc) is 2.47. The molecular formula is C15H9F4NO. The minimum absolute atomic E-state index is 0.416. The first-order chi connectivity index (χ1) is 9.97. The maximum atomic E-state index is 13.3. The molecule has 0 saturated heterocycles. The van der Waals surface area contributed by atoms with E-state index in [1.165, 1.54) is 30.3 Å². The number of anilines is 1. The predicted molar refractivity (Wildman–Crippen MR) is 70.4 cm³/mol. The fourth-order valence-electron chi connectivity index (χ4n) is 1.54. The van der Waals surface area contributed by atoms with Gasteiger partial charge < -0.3 is 5.32 Å². The minimum Gasteiger partial charge on any atom is -0.320 e. The molecule has 0 aromatic heterocycles. The minimum atomic E-state index is -1.66. The Bertz CT molecular complexity index is 696. The molecule has 0 heterocycles. The summed E-state index contributed by atoms with van der Waals surface area (Å²) >= 11 is 0. The second kappa shape index (κ2) is 6.21. The van der Waals surface area contributed by atoms with Gasteiger partial charge >= 0.3 is 0 Å². The van der Waals surface area contributed by atoms with Crippen molar-refractivity contribution in [2.45, 2.75) is 0 Å². The highest BCUT2D eigenvalue weighted by Gasteiger charge is 2.14. The SMILES string of the molecule is O=C(C=Cc1ccc(F)cc1)Nc1ccc(F)c(F)c1F. The van der Waals surface area contributed by atoms with Crippen LogP contribution in [-0.4, -0.2) is 5.91 Å². The van der Waals surface area contributed by atoms with Crippen LogP contribution in [0.3, 0.4) is 0 Å². The van der Waals surface area contributed by atoms with Gasteiger partial charge in [0.1, 0.15) is 5.82 Å². The molecule has 2 nitrogen and oxygen atoms in total. The average molecular weight is 295 g/mol. The second-order valence-electron chi connectivity index (χ2n) is 4.10. The molecule has 1 amide bonds. The highest BCUT2D eigenvalue weighted by Crippen LogP contribution is 2.19. The Kier molecular flexibility index (Phi) is 4.37. The van der Waals surface area contributed by atoms with E-state index in [-0.39, 0.29) is 0 Å². The lowest BCUT2D eigenvalue weighted by Gasteiger charge is -2.04. The maximum absolute atomic E-state index is 13.3. The fraction of sp³-hybridized carbons (Fsp3) is 0. The summed E-state index contributed by atoms with van der Waals surface area (Å²) in [6.07, 6.45) is 2.43. The molecule has 2 aromatic rings. The van der Waals surface area contributed by atoms with Crippen molar-refractivity contribution in [2.75, 3.05) is 5.32 Å². The van der Waals surface area contributed by atoms with E-state index in [1.54, 1.807) is 0 Å². The number of halogens is 4. The Balaban J connectivity index is 2.08. The lowest BCUT2D eigenvalue weighted by molar-refractivity contribution is -0.111. The highest BCUT2D eigenvalue weighted by molar-refractivity contribution is 6.01. The molecule has 0 aliphatic carbocycles. The van der Waals surface area contributed by atoms with Crippen molar-refractivity contribution in [3.05, 3.63) is 71.3 Å². The van der Waals surface area contributed by atoms with Crippen molar-refractivity contribution in [1.29, 1.82) is 0 Å². The van der Waals surface area contributed by atoms with Crippen LogP contribution in [0.15, 0.2) is 42.5 Å². The second-order valence-corrected chi connectivity index (χ2v) is 4.10. The molecule has 0 aliphatic heterocycles. The molecule has 0 unspecified atom stereocenters. The largest absolute Gasteiger partial charge is 0.320 e. The number of carbonyl (C=O) groups is 1. The van der Waals surface area contributed by atoms with E-state index in [0.29, 0.717) is 11.6 Å². The molecular weight excluding hydrogens is 286 g/mol. The summed E-state index contributed by atoms with van der Waals surface area (Å²) in [4.78, 5) is 11.5. The normalized spacial score (nSPS) is 10.9. The molecule has 21 heavy (non-hydrogen) atoms. The van der Waals surface area contributed by atoms with Gasteiger partial charge in [-0.25, -0.2) is 17.6 Å². The zero-order valence-electron chi connectivity index (χ0n) is 10.5. The van der Waals surface area contributed by atoms with Crippen molar-refractivity contribution in [3.63, 3.8) is 0 Å². The number of nitrogens with one attached hydrogen (secondary N) is 1. The van der Waals surface area contributed by atoms with Gasteiger partial charge in [0.2, 0.25) is 5.91 Å². The number of amides is 1. The summed E-state index contributed by atoms with van der Waals surface area (Å²) in [5.41, 5.74) is 0.0833. The van der Waals surface area contributed by atoms with Gasteiger partial charge in [0.25, 0.3) is 0 Å². The van der Waals surface area contributed by atoms with Gasteiger partial charge in [0.15, 0.2) is 17.5 Å². The van der Waals surface area contributed by atoms with E-state index in [2.05, 4.69) is 5.32 Å². The monoisotopic (exact) mass is 295 g/mol. The van der Waals surface area contributed by atoms with Crippen LogP contribution in [0.1, 0.15) is 5.56 Å². The van der Waals surface area contributed by atoms with Gasteiger partial charge in [-0.15, -0.1) is 0 Å². The van der Waals surface area contributed by atoms with Crippen LogP contribution < -0.4 is 5.32 Å². The molecule has 0 bridgehead atoms. The summed E-state index contributed by atoms with van der Waals surface area (Å²) in [6.45, 7) is 0. The molecule has 1 N–H and O–H groups in total. The Labute approximate surface area is 117 Å². The zero-order chi connectivity index (χ0) is 15.4. The number of hydrogen-bond donors (Lipinski definition) is 1. The van der Waals surface area contributed by atoms with Crippen LogP contribution in [0.4, 0.5) is 23.2 Å². The Hall–Kier alpha value is -2.63. The third kappa shape index (κ3) is 3.68. The Morgan fingerprint density at radius 2 is 1.57 bits per heavy atom. The molecule has 0 radical (unpaired) electrons. The van der Waals surface area contributed by atoms with Crippen molar-refractivity contribution in [3.8, 4) is 0 Å². The van der Waals surface area contributed by atoms with Crippen LogP contribution >= 0.6 is 0 Å². The summed E-state index contributed by atoms with van der Waals surface area (Å²) in [5, 5.41) is 2.08. The predicted octanol–water partition coefficient (Wildman–Crippen LogP) is 3.89. The van der Waals surface area contributed by atoms with Gasteiger partial charge in [-0.05, 0) is 35.9 Å². The van der Waals surface area contributed by atoms with Crippen LogP contribution in [0.2, 0.25) is 0 Å². The maximum Gasteiger partial charge on any atom is 0.248 e. The molecule has 0 saturated carbocycles. The number of benzene rings is 2. The van der Waals surface area contributed by atoms with E-state index in [4.69, 9.17) is 0 Å².